The summed E-state index contributed by atoms with van der Waals surface area (Å²) in [5.74, 6) is -0.202. The molecule has 1 aromatic heterocycles. The molecular weight excluding hydrogens is 346 g/mol. The van der Waals surface area contributed by atoms with Crippen LogP contribution in [0.5, 0.6) is 0 Å². The number of hydrogen-bond donors (Lipinski definition) is 1. The Labute approximate surface area is 148 Å². The van der Waals surface area contributed by atoms with E-state index in [4.69, 9.17) is 5.73 Å². The Morgan fingerprint density at radius 3 is 2.88 bits per heavy atom. The van der Waals surface area contributed by atoms with E-state index < -0.39 is 22.5 Å². The van der Waals surface area contributed by atoms with Crippen molar-refractivity contribution in [2.24, 2.45) is 5.73 Å². The number of nitrogens with zero attached hydrogens (tertiary/aromatic N) is 3. The number of rotatable bonds is 7. The van der Waals surface area contributed by atoms with Crippen molar-refractivity contribution in [3.63, 3.8) is 0 Å². The Morgan fingerprint density at radius 2 is 2.32 bits per heavy atom. The van der Waals surface area contributed by atoms with E-state index in [0.29, 0.717) is 29.2 Å². The molecule has 5 nitrogen and oxygen atoms in total. The van der Waals surface area contributed by atoms with Gasteiger partial charge in [-0.15, -0.1) is 5.10 Å². The van der Waals surface area contributed by atoms with Gasteiger partial charge in [-0.05, 0) is 36.6 Å². The van der Waals surface area contributed by atoms with Crippen molar-refractivity contribution in [2.75, 3.05) is 11.5 Å². The Kier molecular flexibility index (Phi) is 6.95. The van der Waals surface area contributed by atoms with Crippen LogP contribution < -0.4 is 5.73 Å². The zero-order valence-electron chi connectivity index (χ0n) is 14.1. The summed E-state index contributed by atoms with van der Waals surface area (Å²) >= 11 is 0. The van der Waals surface area contributed by atoms with Gasteiger partial charge in [-0.3, -0.25) is 4.21 Å². The lowest BCUT2D eigenvalue weighted by molar-refractivity contribution is 0.526. The minimum absolute atomic E-state index is 0.181. The predicted octanol–water partition coefficient (Wildman–Crippen LogP) is 3.03. The van der Waals surface area contributed by atoms with Crippen LogP contribution in [0.1, 0.15) is 31.5 Å². The molecule has 2 rings (SSSR count). The van der Waals surface area contributed by atoms with Crippen molar-refractivity contribution in [3.8, 4) is 0 Å². The molecule has 0 saturated heterocycles. The van der Waals surface area contributed by atoms with E-state index in [9.17, 15) is 13.0 Å². The standard InChI is InChI=1S/C17H22F2N4OS/c1-3-17(19)16(13-4-6-25(24)7-5-13)9-14(18)8-12(2)23-11-15(10-20)21-22-23/h3-4,8,11-12H,1,5-7,9-10,20H2,2H3/b14-8+,17-16-. The van der Waals surface area contributed by atoms with Gasteiger partial charge in [0.25, 0.3) is 0 Å². The Morgan fingerprint density at radius 1 is 1.56 bits per heavy atom. The Hall–Kier alpha value is -1.93. The lowest BCUT2D eigenvalue weighted by Crippen LogP contribution is -2.11. The molecule has 136 valence electrons. The largest absolute Gasteiger partial charge is 0.325 e. The molecule has 1 aliphatic rings. The topological polar surface area (TPSA) is 73.8 Å². The number of allylic oxidation sites excluding steroid dienone is 6. The third kappa shape index (κ3) is 5.27. The maximum atomic E-state index is 14.5. The quantitative estimate of drug-likeness (QED) is 0.751. The Balaban J connectivity index is 2.17. The zero-order valence-corrected chi connectivity index (χ0v) is 14.9. The second kappa shape index (κ2) is 8.96. The molecule has 1 aliphatic heterocycles. The van der Waals surface area contributed by atoms with Crippen LogP contribution >= 0.6 is 0 Å². The number of aromatic nitrogens is 3. The van der Waals surface area contributed by atoms with Crippen LogP contribution in [0.4, 0.5) is 8.78 Å². The van der Waals surface area contributed by atoms with Gasteiger partial charge in [0.05, 0.1) is 17.9 Å². The molecule has 1 aromatic rings. The van der Waals surface area contributed by atoms with Crippen LogP contribution in [0.25, 0.3) is 0 Å². The van der Waals surface area contributed by atoms with Crippen molar-refractivity contribution < 1.29 is 13.0 Å². The normalized spacial score (nSPS) is 20.7. The summed E-state index contributed by atoms with van der Waals surface area (Å²) in [6, 6.07) is -0.381. The van der Waals surface area contributed by atoms with Gasteiger partial charge >= 0.3 is 0 Å². The van der Waals surface area contributed by atoms with Gasteiger partial charge in [0.1, 0.15) is 11.7 Å². The predicted molar refractivity (Wildman–Crippen MR) is 95.3 cm³/mol. The molecule has 0 saturated carbocycles. The molecule has 2 atom stereocenters. The van der Waals surface area contributed by atoms with E-state index in [0.717, 1.165) is 6.08 Å². The van der Waals surface area contributed by atoms with Crippen LogP contribution in [0, 0.1) is 0 Å². The molecule has 0 radical (unpaired) electrons. The fraction of sp³-hybridized carbons (Fsp3) is 0.412. The monoisotopic (exact) mass is 368 g/mol. The first-order valence-electron chi connectivity index (χ1n) is 7.97. The molecule has 2 N–H and O–H groups in total. The molecule has 0 spiro atoms. The SMILES string of the molecule is C=C/C(F)=C(\C/C(F)=C\C(C)n1cc(CN)nn1)C1=CCS(=O)CC1. The highest BCUT2D eigenvalue weighted by Gasteiger charge is 2.18. The highest BCUT2D eigenvalue weighted by molar-refractivity contribution is 7.85. The summed E-state index contributed by atoms with van der Waals surface area (Å²) in [6.07, 6.45) is 6.10. The average Bonchev–Trinajstić information content (AvgIpc) is 3.09. The molecule has 0 amide bonds. The van der Waals surface area contributed by atoms with Crippen LogP contribution in [-0.2, 0) is 17.3 Å². The molecule has 0 aromatic carbocycles. The van der Waals surface area contributed by atoms with Gasteiger partial charge < -0.3 is 5.73 Å². The van der Waals surface area contributed by atoms with Crippen molar-refractivity contribution in [3.05, 3.63) is 59.5 Å². The third-order valence-electron chi connectivity index (χ3n) is 3.92. The van der Waals surface area contributed by atoms with Crippen LogP contribution in [0.3, 0.4) is 0 Å². The van der Waals surface area contributed by atoms with Gasteiger partial charge in [0, 0.05) is 35.3 Å². The number of nitrogens with two attached hydrogens (primary N) is 1. The van der Waals surface area contributed by atoms with Gasteiger partial charge in [0.2, 0.25) is 0 Å². The highest BCUT2D eigenvalue weighted by atomic mass is 32.2. The highest BCUT2D eigenvalue weighted by Crippen LogP contribution is 2.30. The van der Waals surface area contributed by atoms with Crippen LogP contribution in [-0.4, -0.2) is 30.7 Å². The van der Waals surface area contributed by atoms with Crippen molar-refractivity contribution in [1.29, 1.82) is 0 Å². The smallest absolute Gasteiger partial charge is 0.126 e. The average molecular weight is 368 g/mol. The third-order valence-corrected chi connectivity index (χ3v) is 5.12. The second-order valence-electron chi connectivity index (χ2n) is 5.75. The molecule has 2 heterocycles. The first-order valence-corrected chi connectivity index (χ1v) is 9.45. The van der Waals surface area contributed by atoms with E-state index in [1.54, 1.807) is 19.2 Å². The molecule has 0 bridgehead atoms. The second-order valence-corrected chi connectivity index (χ2v) is 7.37. The lowest BCUT2D eigenvalue weighted by Gasteiger charge is -2.16. The molecule has 8 heteroatoms. The maximum Gasteiger partial charge on any atom is 0.126 e. The van der Waals surface area contributed by atoms with Crippen molar-refractivity contribution in [1.82, 2.24) is 15.0 Å². The molecular formula is C17H22F2N4OS. The number of hydrogen-bond acceptors (Lipinski definition) is 4. The summed E-state index contributed by atoms with van der Waals surface area (Å²) < 4.78 is 41.6. The molecule has 2 unspecified atom stereocenters. The summed E-state index contributed by atoms with van der Waals surface area (Å²) in [6.45, 7) is 5.43. The summed E-state index contributed by atoms with van der Waals surface area (Å²) in [5, 5.41) is 7.76. The Bertz CT molecular complexity index is 752. The first-order chi connectivity index (χ1) is 11.9. The van der Waals surface area contributed by atoms with Gasteiger partial charge in [-0.25, -0.2) is 13.5 Å². The maximum absolute atomic E-state index is 14.5. The molecule has 0 aliphatic carbocycles. The summed E-state index contributed by atoms with van der Waals surface area (Å²) in [4.78, 5) is 0. The van der Waals surface area contributed by atoms with E-state index in [-0.39, 0.29) is 24.6 Å². The summed E-state index contributed by atoms with van der Waals surface area (Å²) in [5.41, 5.74) is 7.04. The van der Waals surface area contributed by atoms with E-state index in [1.807, 2.05) is 0 Å². The van der Waals surface area contributed by atoms with Crippen molar-refractivity contribution in [2.45, 2.75) is 32.4 Å². The van der Waals surface area contributed by atoms with Gasteiger partial charge in [0.15, 0.2) is 0 Å². The van der Waals surface area contributed by atoms with Gasteiger partial charge in [-0.2, -0.15) is 0 Å². The minimum Gasteiger partial charge on any atom is -0.325 e. The van der Waals surface area contributed by atoms with Crippen molar-refractivity contribution >= 4 is 10.8 Å². The summed E-state index contributed by atoms with van der Waals surface area (Å²) in [7, 11) is -0.922. The minimum atomic E-state index is -0.922. The fourth-order valence-electron chi connectivity index (χ4n) is 2.52. The van der Waals surface area contributed by atoms with E-state index >= 15 is 0 Å². The molecule has 25 heavy (non-hydrogen) atoms. The van der Waals surface area contributed by atoms with E-state index in [2.05, 4.69) is 16.9 Å². The van der Waals surface area contributed by atoms with Gasteiger partial charge in [-0.1, -0.05) is 17.9 Å². The fourth-order valence-corrected chi connectivity index (χ4v) is 3.52. The molecule has 0 fully saturated rings. The van der Waals surface area contributed by atoms with Crippen LogP contribution in [0.15, 0.2) is 53.8 Å². The number of halogens is 2. The van der Waals surface area contributed by atoms with Crippen LogP contribution in [0.2, 0.25) is 0 Å². The van der Waals surface area contributed by atoms with E-state index in [1.165, 1.54) is 10.8 Å². The zero-order chi connectivity index (χ0) is 18.4. The lowest BCUT2D eigenvalue weighted by atomic mass is 9.97. The first kappa shape index (κ1) is 19.4.